The van der Waals surface area contributed by atoms with E-state index in [1.165, 1.54) is 7.11 Å². The Morgan fingerprint density at radius 1 is 1.20 bits per heavy atom. The summed E-state index contributed by atoms with van der Waals surface area (Å²) in [6, 6.07) is 7.23. The standard InChI is InChI=1S/C14H9Cl3N2O/c1-20-14-11(8(4-6-18)5-7-19-14)9-2-3-10(15)13(17)12(9)16/h2-3,5,7H,4H2,1H3. The normalized spacial score (nSPS) is 10.2. The van der Waals surface area contributed by atoms with Crippen molar-refractivity contribution in [2.24, 2.45) is 0 Å². The van der Waals surface area contributed by atoms with Gasteiger partial charge < -0.3 is 4.74 Å². The molecule has 0 saturated carbocycles. The minimum atomic E-state index is 0.213. The summed E-state index contributed by atoms with van der Waals surface area (Å²) in [7, 11) is 1.51. The quantitative estimate of drug-likeness (QED) is 0.762. The third-order valence-electron chi connectivity index (χ3n) is 2.77. The zero-order chi connectivity index (χ0) is 14.7. The zero-order valence-electron chi connectivity index (χ0n) is 10.5. The van der Waals surface area contributed by atoms with E-state index in [1.807, 2.05) is 0 Å². The highest BCUT2D eigenvalue weighted by molar-refractivity contribution is 6.49. The van der Waals surface area contributed by atoms with Gasteiger partial charge in [0.25, 0.3) is 0 Å². The van der Waals surface area contributed by atoms with Crippen molar-refractivity contribution in [2.45, 2.75) is 6.42 Å². The Balaban J connectivity index is 2.75. The Labute approximate surface area is 131 Å². The molecular weight excluding hydrogens is 319 g/mol. The maximum atomic E-state index is 8.93. The van der Waals surface area contributed by atoms with E-state index in [1.54, 1.807) is 24.4 Å². The van der Waals surface area contributed by atoms with Crippen molar-refractivity contribution in [3.05, 3.63) is 45.0 Å². The lowest BCUT2D eigenvalue weighted by Gasteiger charge is -2.14. The van der Waals surface area contributed by atoms with Gasteiger partial charge in [0.1, 0.15) is 0 Å². The van der Waals surface area contributed by atoms with Crippen LogP contribution in [-0.2, 0) is 6.42 Å². The highest BCUT2D eigenvalue weighted by Gasteiger charge is 2.18. The molecule has 0 bridgehead atoms. The molecule has 0 aliphatic carbocycles. The van der Waals surface area contributed by atoms with Crippen LogP contribution in [-0.4, -0.2) is 12.1 Å². The smallest absolute Gasteiger partial charge is 0.221 e. The van der Waals surface area contributed by atoms with E-state index in [0.29, 0.717) is 27.1 Å². The third-order valence-corrected chi connectivity index (χ3v) is 4.06. The van der Waals surface area contributed by atoms with Crippen molar-refractivity contribution >= 4 is 34.8 Å². The van der Waals surface area contributed by atoms with Crippen LogP contribution in [0.25, 0.3) is 11.1 Å². The Bertz CT molecular complexity index is 696. The molecule has 0 radical (unpaired) electrons. The van der Waals surface area contributed by atoms with Crippen molar-refractivity contribution in [3.8, 4) is 23.1 Å². The van der Waals surface area contributed by atoms with Crippen molar-refractivity contribution in [1.82, 2.24) is 4.98 Å². The molecule has 2 rings (SSSR count). The molecule has 2 aromatic rings. The molecule has 0 N–H and O–H groups in total. The number of rotatable bonds is 3. The first-order valence-corrected chi connectivity index (χ1v) is 6.76. The molecule has 0 fully saturated rings. The highest BCUT2D eigenvalue weighted by atomic mass is 35.5. The summed E-state index contributed by atoms with van der Waals surface area (Å²) in [5.74, 6) is 0.387. The van der Waals surface area contributed by atoms with Crippen LogP contribution in [0.4, 0.5) is 0 Å². The predicted octanol–water partition coefficient (Wildman–Crippen LogP) is 4.78. The van der Waals surface area contributed by atoms with Gasteiger partial charge in [-0.15, -0.1) is 0 Å². The average molecular weight is 328 g/mol. The first-order valence-electron chi connectivity index (χ1n) is 5.62. The Morgan fingerprint density at radius 3 is 2.60 bits per heavy atom. The molecule has 102 valence electrons. The van der Waals surface area contributed by atoms with Gasteiger partial charge in [-0.1, -0.05) is 40.9 Å². The number of ether oxygens (including phenoxy) is 1. The lowest BCUT2D eigenvalue weighted by molar-refractivity contribution is 0.399. The molecule has 20 heavy (non-hydrogen) atoms. The molecule has 6 heteroatoms. The fraction of sp³-hybridized carbons (Fsp3) is 0.143. The van der Waals surface area contributed by atoms with Gasteiger partial charge in [0.05, 0.1) is 34.7 Å². The van der Waals surface area contributed by atoms with E-state index in [0.717, 1.165) is 5.56 Å². The minimum absolute atomic E-state index is 0.213. The molecule has 0 unspecified atom stereocenters. The number of nitriles is 1. The first-order chi connectivity index (χ1) is 9.60. The van der Waals surface area contributed by atoms with Crippen molar-refractivity contribution < 1.29 is 4.74 Å². The summed E-state index contributed by atoms with van der Waals surface area (Å²) in [6.07, 6.45) is 1.80. The number of pyridine rings is 1. The summed E-state index contributed by atoms with van der Waals surface area (Å²) in [4.78, 5) is 4.14. The second-order valence-corrected chi connectivity index (χ2v) is 5.08. The summed E-state index contributed by atoms with van der Waals surface area (Å²) < 4.78 is 5.26. The fourth-order valence-corrected chi connectivity index (χ4v) is 2.50. The van der Waals surface area contributed by atoms with Crippen LogP contribution < -0.4 is 4.74 Å². The average Bonchev–Trinajstić information content (AvgIpc) is 2.46. The molecular formula is C14H9Cl3N2O. The van der Waals surface area contributed by atoms with Gasteiger partial charge in [-0.25, -0.2) is 4.98 Å². The van der Waals surface area contributed by atoms with Crippen molar-refractivity contribution in [2.75, 3.05) is 7.11 Å². The Morgan fingerprint density at radius 2 is 1.95 bits per heavy atom. The van der Waals surface area contributed by atoms with Gasteiger partial charge in [0, 0.05) is 17.3 Å². The van der Waals surface area contributed by atoms with Gasteiger partial charge in [-0.05, 0) is 17.7 Å². The molecule has 0 atom stereocenters. The Hall–Kier alpha value is -1.47. The van der Waals surface area contributed by atoms with Crippen LogP contribution in [0.3, 0.4) is 0 Å². The minimum Gasteiger partial charge on any atom is -0.481 e. The van der Waals surface area contributed by atoms with E-state index in [4.69, 9.17) is 44.8 Å². The summed E-state index contributed by atoms with van der Waals surface area (Å²) >= 11 is 18.3. The third kappa shape index (κ3) is 2.69. The van der Waals surface area contributed by atoms with E-state index in [9.17, 15) is 0 Å². The topological polar surface area (TPSA) is 45.9 Å². The lowest BCUT2D eigenvalue weighted by atomic mass is 9.99. The molecule has 0 spiro atoms. The summed E-state index contributed by atoms with van der Waals surface area (Å²) in [5, 5.41) is 9.87. The molecule has 0 aliphatic heterocycles. The Kier molecular flexibility index (Phi) is 4.72. The number of nitrogens with zero attached hydrogens (tertiary/aromatic N) is 2. The van der Waals surface area contributed by atoms with Crippen LogP contribution in [0.15, 0.2) is 24.4 Å². The van der Waals surface area contributed by atoms with Gasteiger partial charge in [0.15, 0.2) is 0 Å². The van der Waals surface area contributed by atoms with E-state index in [2.05, 4.69) is 11.1 Å². The first kappa shape index (κ1) is 14.9. The maximum absolute atomic E-state index is 8.93. The van der Waals surface area contributed by atoms with Gasteiger partial charge in [-0.3, -0.25) is 0 Å². The SMILES string of the molecule is COc1nccc(CC#N)c1-c1ccc(Cl)c(Cl)c1Cl. The van der Waals surface area contributed by atoms with E-state index >= 15 is 0 Å². The monoisotopic (exact) mass is 326 g/mol. The number of hydrogen-bond donors (Lipinski definition) is 0. The van der Waals surface area contributed by atoms with Crippen molar-refractivity contribution in [3.63, 3.8) is 0 Å². The second-order valence-electron chi connectivity index (χ2n) is 3.91. The van der Waals surface area contributed by atoms with Crippen LogP contribution in [0, 0.1) is 11.3 Å². The second kappa shape index (κ2) is 6.32. The fourth-order valence-electron chi connectivity index (χ4n) is 1.87. The van der Waals surface area contributed by atoms with Crippen molar-refractivity contribution in [1.29, 1.82) is 5.26 Å². The number of halogens is 3. The largest absolute Gasteiger partial charge is 0.481 e. The maximum Gasteiger partial charge on any atom is 0.221 e. The van der Waals surface area contributed by atoms with Gasteiger partial charge >= 0.3 is 0 Å². The molecule has 0 aliphatic rings. The highest BCUT2D eigenvalue weighted by Crippen LogP contribution is 2.42. The van der Waals surface area contributed by atoms with Gasteiger partial charge in [0.2, 0.25) is 5.88 Å². The number of methoxy groups -OCH3 is 1. The number of hydrogen-bond acceptors (Lipinski definition) is 3. The molecule has 1 heterocycles. The number of benzene rings is 1. The van der Waals surface area contributed by atoms with Crippen LogP contribution in [0.5, 0.6) is 5.88 Å². The van der Waals surface area contributed by atoms with Crippen LogP contribution in [0.1, 0.15) is 5.56 Å². The molecule has 1 aromatic carbocycles. The predicted molar refractivity (Wildman–Crippen MR) is 80.6 cm³/mol. The molecule has 1 aromatic heterocycles. The molecule has 3 nitrogen and oxygen atoms in total. The van der Waals surface area contributed by atoms with Crippen LogP contribution in [0.2, 0.25) is 15.1 Å². The van der Waals surface area contributed by atoms with Crippen LogP contribution >= 0.6 is 34.8 Å². The number of aromatic nitrogens is 1. The molecule has 0 saturated heterocycles. The van der Waals surface area contributed by atoms with E-state index < -0.39 is 0 Å². The summed E-state index contributed by atoms with van der Waals surface area (Å²) in [5.41, 5.74) is 2.05. The van der Waals surface area contributed by atoms with Gasteiger partial charge in [-0.2, -0.15) is 5.26 Å². The zero-order valence-corrected chi connectivity index (χ0v) is 12.7. The molecule has 0 amide bonds. The summed E-state index contributed by atoms with van der Waals surface area (Å²) in [6.45, 7) is 0. The van der Waals surface area contributed by atoms with E-state index in [-0.39, 0.29) is 11.4 Å². The lowest BCUT2D eigenvalue weighted by Crippen LogP contribution is -1.97.